The topological polar surface area (TPSA) is 67.4 Å². The molecule has 1 unspecified atom stereocenters. The molecule has 1 aliphatic carbocycles. The highest BCUT2D eigenvalue weighted by Gasteiger charge is 2.34. The van der Waals surface area contributed by atoms with Gasteiger partial charge in [0.05, 0.1) is 11.5 Å². The van der Waals surface area contributed by atoms with Gasteiger partial charge in [-0.1, -0.05) is 38.1 Å². The fourth-order valence-electron chi connectivity index (χ4n) is 3.65. The molecule has 0 spiro atoms. The third kappa shape index (κ3) is 5.72. The molecule has 5 nitrogen and oxygen atoms in total. The molecule has 1 aliphatic rings. The minimum absolute atomic E-state index is 0.0526. The summed E-state index contributed by atoms with van der Waals surface area (Å²) in [4.78, 5) is 25.2. The molecular weight excluding hydrogens is 340 g/mol. The number of hydrogen-bond acceptors (Lipinski definition) is 3. The normalized spacial score (nSPS) is 17.0. The van der Waals surface area contributed by atoms with Gasteiger partial charge in [-0.05, 0) is 64.0 Å². The van der Waals surface area contributed by atoms with Gasteiger partial charge in [0.1, 0.15) is 5.60 Å². The van der Waals surface area contributed by atoms with Gasteiger partial charge < -0.3 is 15.4 Å². The fraction of sp³-hybridized carbons (Fsp3) is 0.636. The number of carbonyl (C=O) groups is 2. The molecule has 0 heterocycles. The number of carbonyl (C=O) groups excluding carboxylic acids is 2. The second-order valence-corrected chi connectivity index (χ2v) is 8.48. The first-order valence-corrected chi connectivity index (χ1v) is 10.1. The Morgan fingerprint density at radius 3 is 2.44 bits per heavy atom. The molecular formula is C22H34N2O3. The number of nitrogens with one attached hydrogen (secondary N) is 2. The Balaban J connectivity index is 2.07. The van der Waals surface area contributed by atoms with Crippen LogP contribution in [0, 0.1) is 0 Å². The third-order valence-corrected chi connectivity index (χ3v) is 5.40. The first-order valence-electron chi connectivity index (χ1n) is 10.1. The molecule has 2 N–H and O–H groups in total. The van der Waals surface area contributed by atoms with Crippen LogP contribution in [0.2, 0.25) is 0 Å². The molecule has 27 heavy (non-hydrogen) atoms. The van der Waals surface area contributed by atoms with Crippen LogP contribution < -0.4 is 10.6 Å². The Bertz CT molecular complexity index is 660. The molecule has 1 aromatic carbocycles. The van der Waals surface area contributed by atoms with Crippen molar-refractivity contribution in [1.82, 2.24) is 10.6 Å². The highest BCUT2D eigenvalue weighted by atomic mass is 16.6. The van der Waals surface area contributed by atoms with E-state index < -0.39 is 17.2 Å². The SMILES string of the molecule is CCC(CC)(CNC(=O)OC(C)(C)C)NC(=O)C1CCCc2ccccc21. The summed E-state index contributed by atoms with van der Waals surface area (Å²) in [5.41, 5.74) is 1.40. The average Bonchev–Trinajstić information content (AvgIpc) is 2.63. The van der Waals surface area contributed by atoms with Crippen molar-refractivity contribution in [3.63, 3.8) is 0 Å². The molecule has 2 rings (SSSR count). The number of hydrogen-bond donors (Lipinski definition) is 2. The quantitative estimate of drug-likeness (QED) is 0.780. The van der Waals surface area contributed by atoms with Crippen LogP contribution in [-0.4, -0.2) is 29.7 Å². The summed E-state index contributed by atoms with van der Waals surface area (Å²) >= 11 is 0. The van der Waals surface area contributed by atoms with Crippen molar-refractivity contribution >= 4 is 12.0 Å². The zero-order valence-electron chi connectivity index (χ0n) is 17.4. The minimum Gasteiger partial charge on any atom is -0.444 e. The van der Waals surface area contributed by atoms with Crippen molar-refractivity contribution in [2.45, 2.75) is 83.8 Å². The molecule has 0 fully saturated rings. The summed E-state index contributed by atoms with van der Waals surface area (Å²) in [5, 5.41) is 6.08. The van der Waals surface area contributed by atoms with Crippen LogP contribution in [-0.2, 0) is 16.0 Å². The van der Waals surface area contributed by atoms with Gasteiger partial charge in [-0.2, -0.15) is 0 Å². The standard InChI is InChI=1S/C22H34N2O3/c1-6-22(7-2,15-23-20(26)27-21(3,4)5)24-19(25)18-14-10-12-16-11-8-9-13-17(16)18/h8-9,11,13,18H,6-7,10,12,14-15H2,1-5H3,(H,23,26)(H,24,25). The molecule has 5 heteroatoms. The van der Waals surface area contributed by atoms with E-state index >= 15 is 0 Å². The van der Waals surface area contributed by atoms with Crippen LogP contribution in [0.25, 0.3) is 0 Å². The van der Waals surface area contributed by atoms with E-state index in [1.807, 2.05) is 46.8 Å². The van der Waals surface area contributed by atoms with Crippen LogP contribution in [0.5, 0.6) is 0 Å². The van der Waals surface area contributed by atoms with Gasteiger partial charge in [-0.3, -0.25) is 4.79 Å². The third-order valence-electron chi connectivity index (χ3n) is 5.40. The van der Waals surface area contributed by atoms with E-state index in [0.717, 1.165) is 37.7 Å². The van der Waals surface area contributed by atoms with Crippen molar-refractivity contribution in [2.24, 2.45) is 0 Å². The Morgan fingerprint density at radius 2 is 1.81 bits per heavy atom. The second-order valence-electron chi connectivity index (χ2n) is 8.48. The number of benzene rings is 1. The zero-order valence-corrected chi connectivity index (χ0v) is 17.4. The van der Waals surface area contributed by atoms with Gasteiger partial charge in [0.2, 0.25) is 5.91 Å². The fourth-order valence-corrected chi connectivity index (χ4v) is 3.65. The van der Waals surface area contributed by atoms with Gasteiger partial charge in [0.25, 0.3) is 0 Å². The second kappa shape index (κ2) is 8.77. The number of amides is 2. The first-order chi connectivity index (χ1) is 12.7. The van der Waals surface area contributed by atoms with Gasteiger partial charge in [-0.15, -0.1) is 0 Å². The van der Waals surface area contributed by atoms with Gasteiger partial charge in [0, 0.05) is 6.54 Å². The summed E-state index contributed by atoms with van der Waals surface area (Å²) in [5.74, 6) is -0.0641. The summed E-state index contributed by atoms with van der Waals surface area (Å²) in [7, 11) is 0. The predicted octanol–water partition coefficient (Wildman–Crippen LogP) is 4.31. The van der Waals surface area contributed by atoms with Crippen LogP contribution in [0.1, 0.15) is 77.3 Å². The summed E-state index contributed by atoms with van der Waals surface area (Å²) in [6.45, 7) is 9.94. The number of aryl methyl sites for hydroxylation is 1. The van der Waals surface area contributed by atoms with E-state index in [-0.39, 0.29) is 11.8 Å². The lowest BCUT2D eigenvalue weighted by Gasteiger charge is -2.36. The number of ether oxygens (including phenoxy) is 1. The molecule has 0 radical (unpaired) electrons. The molecule has 0 saturated heterocycles. The van der Waals surface area contributed by atoms with E-state index in [9.17, 15) is 9.59 Å². The molecule has 0 saturated carbocycles. The van der Waals surface area contributed by atoms with Crippen LogP contribution in [0.3, 0.4) is 0 Å². The molecule has 0 aromatic heterocycles. The van der Waals surface area contributed by atoms with Crippen LogP contribution in [0.4, 0.5) is 4.79 Å². The Hall–Kier alpha value is -2.04. The predicted molar refractivity (Wildman–Crippen MR) is 108 cm³/mol. The van der Waals surface area contributed by atoms with Crippen molar-refractivity contribution in [2.75, 3.05) is 6.54 Å². The maximum atomic E-state index is 13.1. The Morgan fingerprint density at radius 1 is 1.15 bits per heavy atom. The average molecular weight is 375 g/mol. The largest absolute Gasteiger partial charge is 0.444 e. The zero-order chi connectivity index (χ0) is 20.1. The monoisotopic (exact) mass is 374 g/mol. The van der Waals surface area contributed by atoms with Crippen molar-refractivity contribution in [3.05, 3.63) is 35.4 Å². The van der Waals surface area contributed by atoms with Gasteiger partial charge >= 0.3 is 6.09 Å². The van der Waals surface area contributed by atoms with Gasteiger partial charge in [0.15, 0.2) is 0 Å². The van der Waals surface area contributed by atoms with E-state index in [2.05, 4.69) is 22.8 Å². The first kappa shape index (κ1) is 21.3. The summed E-state index contributed by atoms with van der Waals surface area (Å²) in [6, 6.07) is 8.22. The molecule has 1 aromatic rings. The van der Waals surface area contributed by atoms with E-state index in [1.54, 1.807) is 0 Å². The molecule has 0 bridgehead atoms. The highest BCUT2D eigenvalue weighted by molar-refractivity contribution is 5.85. The van der Waals surface area contributed by atoms with Crippen molar-refractivity contribution < 1.29 is 14.3 Å². The minimum atomic E-state index is -0.541. The summed E-state index contributed by atoms with van der Waals surface area (Å²) in [6.07, 6.45) is 3.94. The molecule has 0 aliphatic heterocycles. The number of alkyl carbamates (subject to hydrolysis) is 1. The maximum absolute atomic E-state index is 13.1. The molecule has 1 atom stereocenters. The number of fused-ring (bicyclic) bond motifs is 1. The Kier molecular flexibility index (Phi) is 6.90. The summed E-state index contributed by atoms with van der Waals surface area (Å²) < 4.78 is 5.33. The Labute approximate surface area is 163 Å². The van der Waals surface area contributed by atoms with Crippen LogP contribution in [0.15, 0.2) is 24.3 Å². The molecule has 2 amide bonds. The van der Waals surface area contributed by atoms with Crippen LogP contribution >= 0.6 is 0 Å². The maximum Gasteiger partial charge on any atom is 0.407 e. The smallest absolute Gasteiger partial charge is 0.407 e. The van der Waals surface area contributed by atoms with E-state index in [4.69, 9.17) is 4.74 Å². The number of rotatable bonds is 6. The van der Waals surface area contributed by atoms with E-state index in [0.29, 0.717) is 6.54 Å². The van der Waals surface area contributed by atoms with E-state index in [1.165, 1.54) is 5.56 Å². The lowest BCUT2D eigenvalue weighted by molar-refractivity contribution is -0.125. The highest BCUT2D eigenvalue weighted by Crippen LogP contribution is 2.32. The van der Waals surface area contributed by atoms with Gasteiger partial charge in [-0.25, -0.2) is 4.79 Å². The molecule has 150 valence electrons. The van der Waals surface area contributed by atoms with Crippen molar-refractivity contribution in [3.8, 4) is 0 Å². The lowest BCUT2D eigenvalue weighted by atomic mass is 9.81. The lowest BCUT2D eigenvalue weighted by Crippen LogP contribution is -2.56. The van der Waals surface area contributed by atoms with Crippen molar-refractivity contribution in [1.29, 1.82) is 0 Å².